The van der Waals surface area contributed by atoms with Gasteiger partial charge in [0.25, 0.3) is 5.69 Å². The lowest BCUT2D eigenvalue weighted by atomic mass is 10.1. The molecule has 0 aliphatic rings. The number of hydrogen-bond donors (Lipinski definition) is 1. The third kappa shape index (κ3) is 5.14. The molecule has 0 amide bonds. The van der Waals surface area contributed by atoms with Crippen LogP contribution in [0.25, 0.3) is 6.08 Å². The Labute approximate surface area is 162 Å². The molecular weight excluding hydrogens is 356 g/mol. The molecule has 0 unspecified atom stereocenters. The second-order valence-electron chi connectivity index (χ2n) is 6.12. The Bertz CT molecular complexity index is 977. The summed E-state index contributed by atoms with van der Waals surface area (Å²) in [6, 6.07) is 13.3. The van der Waals surface area contributed by atoms with Crippen molar-refractivity contribution < 1.29 is 10.0 Å². The van der Waals surface area contributed by atoms with E-state index in [1.54, 1.807) is 36.8 Å². The third-order valence-electron chi connectivity index (χ3n) is 4.13. The summed E-state index contributed by atoms with van der Waals surface area (Å²) in [5, 5.41) is 20.9. The number of phenols is 1. The highest BCUT2D eigenvalue weighted by Gasteiger charge is 2.06. The number of benzene rings is 2. The molecule has 2 aromatic carbocycles. The number of nitro groups is 1. The summed E-state index contributed by atoms with van der Waals surface area (Å²) < 4.78 is 1.99. The van der Waals surface area contributed by atoms with Gasteiger partial charge in [-0.15, -0.1) is 0 Å². The first-order valence-corrected chi connectivity index (χ1v) is 8.84. The molecule has 0 saturated carbocycles. The molecule has 0 radical (unpaired) electrons. The SMILES string of the molecule is O=[N+]([O-])c1ccc(/C=C/C(=NCCCn2ccnc2)c2ccccc2O)cc1. The number of non-ortho nitro benzene ring substituents is 1. The minimum absolute atomic E-state index is 0.0475. The standard InChI is InChI=1S/C21H20N4O3/c26-21-5-2-1-4-19(21)20(23-12-3-14-24-15-13-22-16-24)11-8-17-6-9-18(10-7-17)25(27)28/h1-2,4-11,13,15-16,26H,3,12,14H2/b11-8+,23-20?. The maximum atomic E-state index is 10.8. The molecule has 0 saturated heterocycles. The number of nitrogens with zero attached hydrogens (tertiary/aromatic N) is 4. The lowest BCUT2D eigenvalue weighted by Gasteiger charge is -2.06. The van der Waals surface area contributed by atoms with E-state index >= 15 is 0 Å². The van der Waals surface area contributed by atoms with Crippen LogP contribution in [0, 0.1) is 10.1 Å². The van der Waals surface area contributed by atoms with Crippen molar-refractivity contribution >= 4 is 17.5 Å². The van der Waals surface area contributed by atoms with Gasteiger partial charge in [-0.3, -0.25) is 15.1 Å². The highest BCUT2D eigenvalue weighted by atomic mass is 16.6. The minimum atomic E-state index is -0.428. The van der Waals surface area contributed by atoms with Crippen molar-refractivity contribution in [2.75, 3.05) is 6.54 Å². The van der Waals surface area contributed by atoms with E-state index in [1.807, 2.05) is 35.0 Å². The maximum Gasteiger partial charge on any atom is 0.269 e. The molecule has 0 aliphatic carbocycles. The summed E-state index contributed by atoms with van der Waals surface area (Å²) in [5.41, 5.74) is 2.16. The Morgan fingerprint density at radius 3 is 2.68 bits per heavy atom. The van der Waals surface area contributed by atoms with Crippen LogP contribution in [0.2, 0.25) is 0 Å². The number of phenolic OH excluding ortho intramolecular Hbond substituents is 1. The van der Waals surface area contributed by atoms with E-state index in [0.717, 1.165) is 18.5 Å². The quantitative estimate of drug-likeness (QED) is 0.277. The smallest absolute Gasteiger partial charge is 0.269 e. The summed E-state index contributed by atoms with van der Waals surface area (Å²) in [6.45, 7) is 1.40. The molecule has 0 fully saturated rings. The van der Waals surface area contributed by atoms with Crippen molar-refractivity contribution in [2.45, 2.75) is 13.0 Å². The highest BCUT2D eigenvalue weighted by molar-refractivity contribution is 6.12. The first-order valence-electron chi connectivity index (χ1n) is 8.84. The normalized spacial score (nSPS) is 11.8. The summed E-state index contributed by atoms with van der Waals surface area (Å²) in [4.78, 5) is 19.0. The van der Waals surface area contributed by atoms with E-state index in [1.165, 1.54) is 12.1 Å². The summed E-state index contributed by atoms with van der Waals surface area (Å²) in [5.74, 6) is 0.157. The van der Waals surface area contributed by atoms with Crippen molar-refractivity contribution in [3.8, 4) is 5.75 Å². The molecule has 1 N–H and O–H groups in total. The summed E-state index contributed by atoms with van der Waals surface area (Å²) >= 11 is 0. The van der Waals surface area contributed by atoms with Crippen molar-refractivity contribution in [1.82, 2.24) is 9.55 Å². The van der Waals surface area contributed by atoms with Gasteiger partial charge >= 0.3 is 0 Å². The van der Waals surface area contributed by atoms with Crippen LogP contribution in [0.15, 0.2) is 78.3 Å². The van der Waals surface area contributed by atoms with Gasteiger partial charge in [0, 0.05) is 43.2 Å². The lowest BCUT2D eigenvalue weighted by Crippen LogP contribution is -2.01. The van der Waals surface area contributed by atoms with Gasteiger partial charge in [0.15, 0.2) is 0 Å². The number of rotatable bonds is 8. The van der Waals surface area contributed by atoms with Gasteiger partial charge in [0.1, 0.15) is 5.75 Å². The largest absolute Gasteiger partial charge is 0.507 e. The Hall–Kier alpha value is -3.74. The van der Waals surface area contributed by atoms with Crippen LogP contribution < -0.4 is 0 Å². The summed E-state index contributed by atoms with van der Waals surface area (Å²) in [7, 11) is 0. The number of aliphatic imine (C=N–C) groups is 1. The fourth-order valence-electron chi connectivity index (χ4n) is 2.67. The second kappa shape index (κ2) is 9.27. The topological polar surface area (TPSA) is 93.5 Å². The minimum Gasteiger partial charge on any atom is -0.507 e. The van der Waals surface area contributed by atoms with Crippen LogP contribution in [0.5, 0.6) is 5.75 Å². The van der Waals surface area contributed by atoms with Crippen LogP contribution in [0.1, 0.15) is 17.5 Å². The van der Waals surface area contributed by atoms with Gasteiger partial charge in [0.05, 0.1) is 17.0 Å². The van der Waals surface area contributed by atoms with Gasteiger partial charge < -0.3 is 9.67 Å². The average molecular weight is 376 g/mol. The van der Waals surface area contributed by atoms with Crippen molar-refractivity contribution in [3.63, 3.8) is 0 Å². The highest BCUT2D eigenvalue weighted by Crippen LogP contribution is 2.19. The molecule has 1 aromatic heterocycles. The van der Waals surface area contributed by atoms with Gasteiger partial charge in [-0.25, -0.2) is 4.98 Å². The average Bonchev–Trinajstić information content (AvgIpc) is 3.22. The van der Waals surface area contributed by atoms with E-state index in [0.29, 0.717) is 17.8 Å². The number of allylic oxidation sites excluding steroid dienone is 1. The van der Waals surface area contributed by atoms with Gasteiger partial charge in [-0.05, 0) is 42.3 Å². The van der Waals surface area contributed by atoms with E-state index < -0.39 is 4.92 Å². The second-order valence-corrected chi connectivity index (χ2v) is 6.12. The molecule has 7 heteroatoms. The number of para-hydroxylation sites is 1. The van der Waals surface area contributed by atoms with Gasteiger partial charge in [-0.1, -0.05) is 18.2 Å². The van der Waals surface area contributed by atoms with Gasteiger partial charge in [-0.2, -0.15) is 0 Å². The molecule has 0 aliphatic heterocycles. The Kier molecular flexibility index (Phi) is 6.30. The molecule has 7 nitrogen and oxygen atoms in total. The van der Waals surface area contributed by atoms with E-state index in [4.69, 9.17) is 0 Å². The lowest BCUT2D eigenvalue weighted by molar-refractivity contribution is -0.384. The Morgan fingerprint density at radius 1 is 1.21 bits per heavy atom. The van der Waals surface area contributed by atoms with E-state index in [9.17, 15) is 15.2 Å². The fourth-order valence-corrected chi connectivity index (χ4v) is 2.67. The van der Waals surface area contributed by atoms with Crippen molar-refractivity contribution in [1.29, 1.82) is 0 Å². The van der Waals surface area contributed by atoms with Gasteiger partial charge in [0.2, 0.25) is 0 Å². The van der Waals surface area contributed by atoms with Crippen LogP contribution in [0.3, 0.4) is 0 Å². The summed E-state index contributed by atoms with van der Waals surface area (Å²) in [6.07, 6.45) is 9.88. The van der Waals surface area contributed by atoms with Crippen LogP contribution in [0.4, 0.5) is 5.69 Å². The third-order valence-corrected chi connectivity index (χ3v) is 4.13. The molecule has 0 bridgehead atoms. The first kappa shape index (κ1) is 19.0. The number of aryl methyl sites for hydroxylation is 1. The zero-order valence-electron chi connectivity index (χ0n) is 15.2. The zero-order chi connectivity index (χ0) is 19.8. The molecule has 1 heterocycles. The number of imidazole rings is 1. The predicted octanol–water partition coefficient (Wildman–Crippen LogP) is 4.09. The van der Waals surface area contributed by atoms with Crippen molar-refractivity contribution in [2.24, 2.45) is 4.99 Å². The number of nitro benzene ring substituents is 1. The maximum absolute atomic E-state index is 10.8. The fraction of sp³-hybridized carbons (Fsp3) is 0.143. The molecule has 0 spiro atoms. The first-order chi connectivity index (χ1) is 13.6. The zero-order valence-corrected chi connectivity index (χ0v) is 15.2. The van der Waals surface area contributed by atoms with Crippen molar-refractivity contribution in [3.05, 3.63) is 94.6 Å². The van der Waals surface area contributed by atoms with E-state index in [2.05, 4.69) is 9.98 Å². The van der Waals surface area contributed by atoms with Crippen LogP contribution in [-0.2, 0) is 6.54 Å². The number of aromatic hydroxyl groups is 1. The number of hydrogen-bond acceptors (Lipinski definition) is 5. The van der Waals surface area contributed by atoms with Crippen LogP contribution >= 0.6 is 0 Å². The number of aromatic nitrogens is 2. The Balaban J connectivity index is 1.76. The van der Waals surface area contributed by atoms with E-state index in [-0.39, 0.29) is 11.4 Å². The molecule has 142 valence electrons. The molecule has 0 atom stereocenters. The molecule has 3 aromatic rings. The molecular formula is C21H20N4O3. The molecule has 28 heavy (non-hydrogen) atoms. The monoisotopic (exact) mass is 376 g/mol. The molecule has 3 rings (SSSR count). The Morgan fingerprint density at radius 2 is 2.00 bits per heavy atom. The van der Waals surface area contributed by atoms with Crippen LogP contribution in [-0.4, -0.2) is 31.8 Å². The predicted molar refractivity (Wildman–Crippen MR) is 108 cm³/mol.